The van der Waals surface area contributed by atoms with Crippen molar-refractivity contribution in [3.63, 3.8) is 0 Å². The Bertz CT molecular complexity index is 513. The molecule has 1 heterocycles. The third kappa shape index (κ3) is 3.45. The molecule has 1 aliphatic rings. The first-order valence-corrected chi connectivity index (χ1v) is 6.64. The topological polar surface area (TPSA) is 84.2 Å². The van der Waals surface area contributed by atoms with E-state index in [-0.39, 0.29) is 11.8 Å². The SMILES string of the molecule is C[C@H](N[C@H]1C=C[C@H](c2ccccc2)CNC1=O)C(N)=O. The number of nitrogens with one attached hydrogen (secondary N) is 2. The van der Waals surface area contributed by atoms with Crippen molar-refractivity contribution in [1.29, 1.82) is 0 Å². The van der Waals surface area contributed by atoms with Gasteiger partial charge in [-0.05, 0) is 12.5 Å². The normalized spacial score (nSPS) is 23.8. The van der Waals surface area contributed by atoms with Crippen molar-refractivity contribution in [3.8, 4) is 0 Å². The number of carbonyl (C=O) groups is 2. The van der Waals surface area contributed by atoms with Crippen molar-refractivity contribution in [2.75, 3.05) is 6.54 Å². The molecule has 0 aliphatic carbocycles. The molecule has 0 radical (unpaired) electrons. The maximum absolute atomic E-state index is 12.0. The van der Waals surface area contributed by atoms with Crippen LogP contribution in [0.2, 0.25) is 0 Å². The lowest BCUT2D eigenvalue weighted by molar-refractivity contribution is -0.123. The zero-order valence-electron chi connectivity index (χ0n) is 11.4. The summed E-state index contributed by atoms with van der Waals surface area (Å²) in [6.07, 6.45) is 3.78. The molecule has 2 amide bonds. The zero-order chi connectivity index (χ0) is 14.5. The van der Waals surface area contributed by atoms with Gasteiger partial charge >= 0.3 is 0 Å². The van der Waals surface area contributed by atoms with Crippen LogP contribution < -0.4 is 16.4 Å². The van der Waals surface area contributed by atoms with Crippen LogP contribution in [0.25, 0.3) is 0 Å². The fourth-order valence-corrected chi connectivity index (χ4v) is 2.13. The van der Waals surface area contributed by atoms with E-state index in [1.54, 1.807) is 13.0 Å². The fraction of sp³-hybridized carbons (Fsp3) is 0.333. The second-order valence-corrected chi connectivity index (χ2v) is 4.92. The molecular weight excluding hydrogens is 254 g/mol. The summed E-state index contributed by atoms with van der Waals surface area (Å²) in [5.74, 6) is -0.487. The van der Waals surface area contributed by atoms with E-state index in [0.29, 0.717) is 6.54 Å². The van der Waals surface area contributed by atoms with Gasteiger partial charge in [-0.1, -0.05) is 42.5 Å². The molecule has 106 valence electrons. The second kappa shape index (κ2) is 6.34. The highest BCUT2D eigenvalue weighted by Crippen LogP contribution is 2.18. The number of carbonyl (C=O) groups excluding carboxylic acids is 2. The van der Waals surface area contributed by atoms with Gasteiger partial charge in [0, 0.05) is 12.5 Å². The highest BCUT2D eigenvalue weighted by atomic mass is 16.2. The Morgan fingerprint density at radius 1 is 1.35 bits per heavy atom. The number of nitrogens with two attached hydrogens (primary N) is 1. The highest BCUT2D eigenvalue weighted by Gasteiger charge is 2.23. The summed E-state index contributed by atoms with van der Waals surface area (Å²) in [5, 5.41) is 5.78. The molecule has 20 heavy (non-hydrogen) atoms. The fourth-order valence-electron chi connectivity index (χ4n) is 2.13. The maximum atomic E-state index is 12.0. The molecule has 1 aromatic carbocycles. The minimum absolute atomic E-state index is 0.135. The summed E-state index contributed by atoms with van der Waals surface area (Å²) in [6, 6.07) is 8.88. The molecule has 0 fully saturated rings. The van der Waals surface area contributed by atoms with Crippen molar-refractivity contribution >= 4 is 11.8 Å². The Balaban J connectivity index is 2.10. The molecule has 5 heteroatoms. The molecule has 3 atom stereocenters. The van der Waals surface area contributed by atoms with Gasteiger partial charge in [0.2, 0.25) is 11.8 Å². The Labute approximate surface area is 118 Å². The first-order valence-electron chi connectivity index (χ1n) is 6.64. The van der Waals surface area contributed by atoms with Crippen molar-refractivity contribution in [2.24, 2.45) is 5.73 Å². The van der Waals surface area contributed by atoms with Crippen LogP contribution in [0.1, 0.15) is 18.4 Å². The molecule has 2 rings (SSSR count). The average Bonchev–Trinajstić information content (AvgIpc) is 2.63. The number of primary amides is 1. The molecule has 0 aromatic heterocycles. The molecule has 5 nitrogen and oxygen atoms in total. The minimum Gasteiger partial charge on any atom is -0.368 e. The van der Waals surface area contributed by atoms with Gasteiger partial charge in [0.05, 0.1) is 6.04 Å². The van der Waals surface area contributed by atoms with Crippen molar-refractivity contribution in [3.05, 3.63) is 48.0 Å². The molecule has 0 saturated carbocycles. The van der Waals surface area contributed by atoms with Gasteiger partial charge in [0.25, 0.3) is 0 Å². The lowest BCUT2D eigenvalue weighted by Gasteiger charge is -2.16. The summed E-state index contributed by atoms with van der Waals surface area (Å²) in [5.41, 5.74) is 6.34. The van der Waals surface area contributed by atoms with Gasteiger partial charge in [-0.2, -0.15) is 0 Å². The standard InChI is InChI=1S/C15H19N3O2/c1-10(14(16)19)18-13-8-7-12(9-17-15(13)20)11-5-3-2-4-6-11/h2-8,10,12-13,18H,9H2,1H3,(H2,16,19)(H,17,20)/t10-,12-,13-/m0/s1. The van der Waals surface area contributed by atoms with E-state index in [9.17, 15) is 9.59 Å². The van der Waals surface area contributed by atoms with Crippen molar-refractivity contribution in [1.82, 2.24) is 10.6 Å². The zero-order valence-corrected chi connectivity index (χ0v) is 11.4. The Hall–Kier alpha value is -2.14. The predicted molar refractivity (Wildman–Crippen MR) is 76.9 cm³/mol. The largest absolute Gasteiger partial charge is 0.368 e. The maximum Gasteiger partial charge on any atom is 0.241 e. The Kier molecular flexibility index (Phi) is 4.53. The van der Waals surface area contributed by atoms with Crippen molar-refractivity contribution < 1.29 is 9.59 Å². The molecule has 0 spiro atoms. The van der Waals surface area contributed by atoms with Crippen LogP contribution in [0.3, 0.4) is 0 Å². The number of hydrogen-bond donors (Lipinski definition) is 3. The van der Waals surface area contributed by atoms with E-state index in [2.05, 4.69) is 10.6 Å². The van der Waals surface area contributed by atoms with Gasteiger partial charge in [0.1, 0.15) is 6.04 Å². The van der Waals surface area contributed by atoms with E-state index in [1.807, 2.05) is 36.4 Å². The third-order valence-corrected chi connectivity index (χ3v) is 3.40. The van der Waals surface area contributed by atoms with Gasteiger partial charge in [-0.15, -0.1) is 0 Å². The highest BCUT2D eigenvalue weighted by molar-refractivity contribution is 5.86. The number of amides is 2. The van der Waals surface area contributed by atoms with Crippen LogP contribution in [-0.2, 0) is 9.59 Å². The van der Waals surface area contributed by atoms with Crippen LogP contribution >= 0.6 is 0 Å². The van der Waals surface area contributed by atoms with E-state index in [4.69, 9.17) is 5.73 Å². The summed E-state index contributed by atoms with van der Waals surface area (Å²) < 4.78 is 0. The van der Waals surface area contributed by atoms with Gasteiger partial charge in [-0.3, -0.25) is 14.9 Å². The average molecular weight is 273 g/mol. The van der Waals surface area contributed by atoms with E-state index < -0.39 is 18.0 Å². The van der Waals surface area contributed by atoms with E-state index in [1.165, 1.54) is 0 Å². The molecule has 0 unspecified atom stereocenters. The van der Waals surface area contributed by atoms with E-state index in [0.717, 1.165) is 5.56 Å². The van der Waals surface area contributed by atoms with Gasteiger partial charge in [-0.25, -0.2) is 0 Å². The monoisotopic (exact) mass is 273 g/mol. The first-order chi connectivity index (χ1) is 9.58. The minimum atomic E-state index is -0.552. The van der Waals surface area contributed by atoms with Gasteiger partial charge in [0.15, 0.2) is 0 Å². The van der Waals surface area contributed by atoms with E-state index >= 15 is 0 Å². The lowest BCUT2D eigenvalue weighted by Crippen LogP contribution is -2.50. The molecule has 0 bridgehead atoms. The van der Waals surface area contributed by atoms with Crippen LogP contribution in [-0.4, -0.2) is 30.4 Å². The predicted octanol–water partition coefficient (Wildman–Crippen LogP) is 0.288. The smallest absolute Gasteiger partial charge is 0.241 e. The molecular formula is C15H19N3O2. The summed E-state index contributed by atoms with van der Waals surface area (Å²) in [7, 11) is 0. The molecule has 0 saturated heterocycles. The first kappa shape index (κ1) is 14.3. The molecule has 4 N–H and O–H groups in total. The second-order valence-electron chi connectivity index (χ2n) is 4.92. The Morgan fingerprint density at radius 3 is 2.70 bits per heavy atom. The van der Waals surface area contributed by atoms with Crippen LogP contribution in [0.15, 0.2) is 42.5 Å². The van der Waals surface area contributed by atoms with Crippen LogP contribution in [0.4, 0.5) is 0 Å². The summed E-state index contributed by atoms with van der Waals surface area (Å²) in [4.78, 5) is 23.0. The number of hydrogen-bond acceptors (Lipinski definition) is 3. The lowest BCUT2D eigenvalue weighted by atomic mass is 9.99. The summed E-state index contributed by atoms with van der Waals surface area (Å²) in [6.45, 7) is 2.19. The van der Waals surface area contributed by atoms with Crippen molar-refractivity contribution in [2.45, 2.75) is 24.9 Å². The van der Waals surface area contributed by atoms with Crippen LogP contribution in [0, 0.1) is 0 Å². The quantitative estimate of drug-likeness (QED) is 0.689. The molecule has 1 aromatic rings. The summed E-state index contributed by atoms with van der Waals surface area (Å²) >= 11 is 0. The van der Waals surface area contributed by atoms with Crippen LogP contribution in [0.5, 0.6) is 0 Å². The third-order valence-electron chi connectivity index (χ3n) is 3.40. The molecule has 1 aliphatic heterocycles. The van der Waals surface area contributed by atoms with Gasteiger partial charge < -0.3 is 11.1 Å². The number of benzene rings is 1. The number of rotatable bonds is 4. The Morgan fingerprint density at radius 2 is 2.05 bits per heavy atom.